The van der Waals surface area contributed by atoms with Crippen LogP contribution in [-0.2, 0) is 0 Å². The number of hydrogen-bond donors (Lipinski definition) is 0. The molecular weight excluding hydrogens is 232 g/mol. The topological polar surface area (TPSA) is 0 Å². The van der Waals surface area contributed by atoms with Crippen molar-refractivity contribution >= 4 is 23.5 Å². The second-order valence-corrected chi connectivity index (χ2v) is 7.30. The van der Waals surface area contributed by atoms with Crippen LogP contribution in [0.25, 0.3) is 0 Å². The van der Waals surface area contributed by atoms with Gasteiger partial charge in [0.05, 0.1) is 0 Å². The summed E-state index contributed by atoms with van der Waals surface area (Å²) < 4.78 is 1.41. The highest BCUT2D eigenvalue weighted by molar-refractivity contribution is 8.22. The molecule has 0 aromatic heterocycles. The van der Waals surface area contributed by atoms with Gasteiger partial charge in [-0.2, -0.15) is 0 Å². The third kappa shape index (κ3) is 5.66. The molecule has 0 saturated heterocycles. The van der Waals surface area contributed by atoms with Crippen LogP contribution in [0.15, 0.2) is 45.5 Å². The first-order valence-electron chi connectivity index (χ1n) is 5.69. The Hall–Kier alpha value is -0.340. The maximum Gasteiger partial charge on any atom is 0.0415 e. The highest BCUT2D eigenvalue weighted by Crippen LogP contribution is 2.37. The minimum atomic E-state index is 0.609. The smallest absolute Gasteiger partial charge is 0.0415 e. The molecule has 0 unspecified atom stereocenters. The van der Waals surface area contributed by atoms with Gasteiger partial charge in [-0.05, 0) is 18.1 Å². The van der Waals surface area contributed by atoms with Crippen molar-refractivity contribution in [3.8, 4) is 0 Å². The van der Waals surface area contributed by atoms with E-state index in [9.17, 15) is 0 Å². The third-order valence-electron chi connectivity index (χ3n) is 1.78. The zero-order valence-corrected chi connectivity index (χ0v) is 12.1. The number of benzene rings is 1. The molecule has 1 rings (SSSR count). The van der Waals surface area contributed by atoms with Gasteiger partial charge < -0.3 is 0 Å². The van der Waals surface area contributed by atoms with Crippen LogP contribution in [0.4, 0.5) is 0 Å². The van der Waals surface area contributed by atoms with Crippen LogP contribution in [0, 0.1) is 5.92 Å². The summed E-state index contributed by atoms with van der Waals surface area (Å²) in [4.78, 5) is 1.32. The predicted molar refractivity (Wildman–Crippen MR) is 77.9 cm³/mol. The van der Waals surface area contributed by atoms with Crippen LogP contribution in [0.3, 0.4) is 0 Å². The zero-order chi connectivity index (χ0) is 12.0. The lowest BCUT2D eigenvalue weighted by atomic mass is 10.2. The standard InChI is InChI=1S/C14H20S2/c1-11(2)10-14(15-12(3)4)16-13-8-6-5-7-9-13/h5-12H,1-4H3/b14-10+. The largest absolute Gasteiger partial charge is 0.116 e. The summed E-state index contributed by atoms with van der Waals surface area (Å²) in [7, 11) is 0. The molecule has 0 aliphatic rings. The monoisotopic (exact) mass is 252 g/mol. The Labute approximate surface area is 108 Å². The first-order valence-corrected chi connectivity index (χ1v) is 7.39. The fourth-order valence-electron chi connectivity index (χ4n) is 1.21. The van der Waals surface area contributed by atoms with E-state index in [4.69, 9.17) is 0 Å². The molecule has 0 aliphatic carbocycles. The van der Waals surface area contributed by atoms with Gasteiger partial charge >= 0.3 is 0 Å². The number of thioether (sulfide) groups is 2. The quantitative estimate of drug-likeness (QED) is 0.642. The molecule has 0 amide bonds. The van der Waals surface area contributed by atoms with Crippen molar-refractivity contribution in [1.29, 1.82) is 0 Å². The second kappa shape index (κ2) is 7.08. The van der Waals surface area contributed by atoms with Crippen LogP contribution >= 0.6 is 23.5 Å². The molecule has 0 aliphatic heterocycles. The van der Waals surface area contributed by atoms with Crippen LogP contribution in [-0.4, -0.2) is 5.25 Å². The van der Waals surface area contributed by atoms with Crippen molar-refractivity contribution in [2.24, 2.45) is 5.92 Å². The lowest BCUT2D eigenvalue weighted by Crippen LogP contribution is -1.88. The predicted octanol–water partition coefficient (Wildman–Crippen LogP) is 5.42. The van der Waals surface area contributed by atoms with Crippen molar-refractivity contribution < 1.29 is 0 Å². The SMILES string of the molecule is CC(C)/C=C(/Sc1ccccc1)SC(C)C. The molecule has 1 aromatic carbocycles. The summed E-state index contributed by atoms with van der Waals surface area (Å²) in [5.41, 5.74) is 0. The molecule has 16 heavy (non-hydrogen) atoms. The van der Waals surface area contributed by atoms with E-state index >= 15 is 0 Å². The number of rotatable bonds is 5. The molecule has 1 aromatic rings. The zero-order valence-electron chi connectivity index (χ0n) is 10.4. The van der Waals surface area contributed by atoms with Crippen LogP contribution < -0.4 is 0 Å². The normalized spacial score (nSPS) is 12.5. The second-order valence-electron chi connectivity index (χ2n) is 4.31. The van der Waals surface area contributed by atoms with Gasteiger partial charge in [-0.15, -0.1) is 11.8 Å². The molecule has 0 fully saturated rings. The molecule has 0 saturated carbocycles. The minimum Gasteiger partial charge on any atom is -0.116 e. The summed E-state index contributed by atoms with van der Waals surface area (Å²) in [5.74, 6) is 0.609. The van der Waals surface area contributed by atoms with E-state index in [1.807, 2.05) is 23.5 Å². The van der Waals surface area contributed by atoms with Gasteiger partial charge in [0.1, 0.15) is 0 Å². The maximum absolute atomic E-state index is 2.35. The van der Waals surface area contributed by atoms with Crippen molar-refractivity contribution in [1.82, 2.24) is 0 Å². The van der Waals surface area contributed by atoms with E-state index in [-0.39, 0.29) is 0 Å². The van der Waals surface area contributed by atoms with Crippen LogP contribution in [0.5, 0.6) is 0 Å². The van der Waals surface area contributed by atoms with Crippen LogP contribution in [0.1, 0.15) is 27.7 Å². The molecular formula is C14H20S2. The van der Waals surface area contributed by atoms with Gasteiger partial charge in [0.15, 0.2) is 0 Å². The maximum atomic E-state index is 2.35. The van der Waals surface area contributed by atoms with Gasteiger partial charge in [0.25, 0.3) is 0 Å². The average Bonchev–Trinajstić information content (AvgIpc) is 2.16. The van der Waals surface area contributed by atoms with E-state index in [1.54, 1.807) is 0 Å². The summed E-state index contributed by atoms with van der Waals surface area (Å²) in [5, 5.41) is 0.640. The van der Waals surface area contributed by atoms with Gasteiger partial charge in [-0.1, -0.05) is 63.7 Å². The molecule has 0 spiro atoms. The van der Waals surface area contributed by atoms with Gasteiger partial charge in [0.2, 0.25) is 0 Å². The highest BCUT2D eigenvalue weighted by atomic mass is 32.2. The fourth-order valence-corrected chi connectivity index (χ4v) is 3.95. The van der Waals surface area contributed by atoms with Gasteiger partial charge in [-0.3, -0.25) is 0 Å². The fraction of sp³-hybridized carbons (Fsp3) is 0.429. The average molecular weight is 252 g/mol. The summed E-state index contributed by atoms with van der Waals surface area (Å²) in [6, 6.07) is 10.6. The molecule has 0 atom stereocenters. The van der Waals surface area contributed by atoms with Crippen molar-refractivity contribution in [2.75, 3.05) is 0 Å². The lowest BCUT2D eigenvalue weighted by molar-refractivity contribution is 0.832. The van der Waals surface area contributed by atoms with Crippen molar-refractivity contribution in [3.05, 3.63) is 40.6 Å². The highest BCUT2D eigenvalue weighted by Gasteiger charge is 2.05. The number of hydrogen-bond acceptors (Lipinski definition) is 2. The number of allylic oxidation sites excluding steroid dienone is 1. The Morgan fingerprint density at radius 1 is 1.06 bits per heavy atom. The molecule has 88 valence electrons. The third-order valence-corrected chi connectivity index (χ3v) is 4.01. The lowest BCUT2D eigenvalue weighted by Gasteiger charge is -2.10. The van der Waals surface area contributed by atoms with Crippen LogP contribution in [0.2, 0.25) is 0 Å². The van der Waals surface area contributed by atoms with E-state index in [0.29, 0.717) is 11.2 Å². The Balaban J connectivity index is 2.71. The Kier molecular flexibility index (Phi) is 6.07. The molecule has 2 heteroatoms. The Bertz CT molecular complexity index is 326. The molecule has 0 radical (unpaired) electrons. The van der Waals surface area contributed by atoms with E-state index in [2.05, 4.69) is 64.1 Å². The Morgan fingerprint density at radius 2 is 1.69 bits per heavy atom. The van der Waals surface area contributed by atoms with Gasteiger partial charge in [-0.25, -0.2) is 0 Å². The van der Waals surface area contributed by atoms with E-state index in [0.717, 1.165) is 0 Å². The first-order chi connectivity index (χ1) is 7.58. The molecule has 0 heterocycles. The molecule has 0 nitrogen and oxygen atoms in total. The molecule has 0 bridgehead atoms. The Morgan fingerprint density at radius 3 is 2.19 bits per heavy atom. The summed E-state index contributed by atoms with van der Waals surface area (Å²) in [6.07, 6.45) is 2.35. The van der Waals surface area contributed by atoms with E-state index < -0.39 is 0 Å². The minimum absolute atomic E-state index is 0.609. The van der Waals surface area contributed by atoms with E-state index in [1.165, 1.54) is 9.13 Å². The van der Waals surface area contributed by atoms with Gasteiger partial charge in [0, 0.05) is 14.4 Å². The molecule has 0 N–H and O–H groups in total. The summed E-state index contributed by atoms with van der Waals surface area (Å²) in [6.45, 7) is 8.94. The van der Waals surface area contributed by atoms with Crippen molar-refractivity contribution in [2.45, 2.75) is 37.8 Å². The van der Waals surface area contributed by atoms with Crippen molar-refractivity contribution in [3.63, 3.8) is 0 Å². The summed E-state index contributed by atoms with van der Waals surface area (Å²) >= 11 is 3.82. The first kappa shape index (κ1) is 13.7.